The van der Waals surface area contributed by atoms with Crippen LogP contribution in [-0.2, 0) is 21.4 Å². The molecule has 3 aromatic rings. The van der Waals surface area contributed by atoms with Crippen LogP contribution in [0.25, 0.3) is 11.1 Å². The van der Waals surface area contributed by atoms with E-state index in [2.05, 4.69) is 5.32 Å². The lowest BCUT2D eigenvalue weighted by molar-refractivity contribution is -0.116. The van der Waals surface area contributed by atoms with Gasteiger partial charge in [0.05, 0.1) is 10.4 Å². The van der Waals surface area contributed by atoms with Gasteiger partial charge in [0.1, 0.15) is 6.54 Å². The summed E-state index contributed by atoms with van der Waals surface area (Å²) in [4.78, 5) is 24.8. The summed E-state index contributed by atoms with van der Waals surface area (Å²) in [6.45, 7) is 2.66. The minimum absolute atomic E-state index is 0.0852. The van der Waals surface area contributed by atoms with E-state index in [1.807, 2.05) is 25.1 Å². The monoisotopic (exact) mass is 429 g/mol. The molecule has 30 heavy (non-hydrogen) atoms. The number of aromatic nitrogens is 1. The third-order valence-corrected chi connectivity index (χ3v) is 7.09. The predicted molar refractivity (Wildman–Crippen MR) is 113 cm³/mol. The van der Waals surface area contributed by atoms with Gasteiger partial charge in [0.15, 0.2) is 5.58 Å². The van der Waals surface area contributed by atoms with Gasteiger partial charge in [-0.15, -0.1) is 0 Å². The molecule has 0 radical (unpaired) electrons. The molecule has 9 heteroatoms. The summed E-state index contributed by atoms with van der Waals surface area (Å²) in [6, 6.07) is 11.7. The van der Waals surface area contributed by atoms with E-state index in [0.29, 0.717) is 24.3 Å². The van der Waals surface area contributed by atoms with Gasteiger partial charge in [0, 0.05) is 24.8 Å². The second kappa shape index (κ2) is 8.08. The van der Waals surface area contributed by atoms with E-state index < -0.39 is 15.8 Å². The number of piperidine rings is 1. The first-order chi connectivity index (χ1) is 14.3. The molecule has 2 aromatic carbocycles. The minimum Gasteiger partial charge on any atom is -0.408 e. The third kappa shape index (κ3) is 4.03. The first-order valence-corrected chi connectivity index (χ1v) is 11.3. The molecule has 0 bridgehead atoms. The molecule has 0 unspecified atom stereocenters. The molecule has 1 aliphatic heterocycles. The minimum atomic E-state index is -3.64. The number of hydrogen-bond acceptors (Lipinski definition) is 5. The Morgan fingerprint density at radius 2 is 1.87 bits per heavy atom. The summed E-state index contributed by atoms with van der Waals surface area (Å²) >= 11 is 0. The Morgan fingerprint density at radius 3 is 2.60 bits per heavy atom. The Balaban J connectivity index is 1.59. The van der Waals surface area contributed by atoms with Gasteiger partial charge in [-0.25, -0.2) is 13.2 Å². The second-order valence-corrected chi connectivity index (χ2v) is 9.40. The van der Waals surface area contributed by atoms with E-state index in [1.54, 1.807) is 6.07 Å². The van der Waals surface area contributed by atoms with Crippen molar-refractivity contribution in [2.24, 2.45) is 0 Å². The molecule has 4 rings (SSSR count). The van der Waals surface area contributed by atoms with Crippen molar-refractivity contribution < 1.29 is 17.6 Å². The molecular weight excluding hydrogens is 406 g/mol. The number of nitrogens with one attached hydrogen (secondary N) is 1. The number of amides is 1. The zero-order chi connectivity index (χ0) is 21.3. The number of benzene rings is 2. The van der Waals surface area contributed by atoms with Crippen LogP contribution in [0.3, 0.4) is 0 Å². The van der Waals surface area contributed by atoms with Crippen LogP contribution in [0.15, 0.2) is 56.6 Å². The van der Waals surface area contributed by atoms with E-state index in [-0.39, 0.29) is 22.9 Å². The second-order valence-electron chi connectivity index (χ2n) is 7.47. The molecule has 0 spiro atoms. The zero-order valence-electron chi connectivity index (χ0n) is 16.6. The van der Waals surface area contributed by atoms with Crippen molar-refractivity contribution in [3.63, 3.8) is 0 Å². The fourth-order valence-corrected chi connectivity index (χ4v) is 5.21. The molecule has 0 saturated carbocycles. The van der Waals surface area contributed by atoms with Gasteiger partial charge in [-0.05, 0) is 49.6 Å². The van der Waals surface area contributed by atoms with Crippen molar-refractivity contribution in [2.45, 2.75) is 37.6 Å². The van der Waals surface area contributed by atoms with E-state index in [0.717, 1.165) is 24.8 Å². The Morgan fingerprint density at radius 1 is 1.10 bits per heavy atom. The fourth-order valence-electron chi connectivity index (χ4n) is 3.68. The topological polar surface area (TPSA) is 102 Å². The van der Waals surface area contributed by atoms with E-state index in [9.17, 15) is 18.0 Å². The lowest BCUT2D eigenvalue weighted by Gasteiger charge is -2.25. The van der Waals surface area contributed by atoms with Gasteiger partial charge in [0.25, 0.3) is 0 Å². The largest absolute Gasteiger partial charge is 0.420 e. The maximum absolute atomic E-state index is 12.9. The molecule has 1 aliphatic rings. The van der Waals surface area contributed by atoms with Crippen molar-refractivity contribution in [1.82, 2.24) is 8.87 Å². The molecule has 1 saturated heterocycles. The van der Waals surface area contributed by atoms with Gasteiger partial charge in [0.2, 0.25) is 15.9 Å². The quantitative estimate of drug-likeness (QED) is 0.672. The molecular formula is C21H23N3O5S. The number of fused-ring (bicyclic) bond motifs is 1. The third-order valence-electron chi connectivity index (χ3n) is 5.20. The average molecular weight is 429 g/mol. The van der Waals surface area contributed by atoms with E-state index >= 15 is 0 Å². The zero-order valence-corrected chi connectivity index (χ0v) is 17.4. The molecule has 8 nitrogen and oxygen atoms in total. The Bertz CT molecular complexity index is 1250. The van der Waals surface area contributed by atoms with Crippen molar-refractivity contribution in [2.75, 3.05) is 18.4 Å². The SMILES string of the molecule is Cc1cccc(NC(=O)Cn2c(=O)oc3cc(S(=O)(=O)N4CCCCC4)ccc32)c1. The van der Waals surface area contributed by atoms with Crippen molar-refractivity contribution in [3.8, 4) is 0 Å². The van der Waals surface area contributed by atoms with E-state index in [4.69, 9.17) is 4.42 Å². The highest BCUT2D eigenvalue weighted by atomic mass is 32.2. The Kier molecular flexibility index (Phi) is 5.48. The molecule has 158 valence electrons. The lowest BCUT2D eigenvalue weighted by atomic mass is 10.2. The Hall–Kier alpha value is -2.91. The number of rotatable bonds is 5. The summed E-state index contributed by atoms with van der Waals surface area (Å²) in [5.74, 6) is -1.09. The number of carbonyl (C=O) groups excluding carboxylic acids is 1. The highest BCUT2D eigenvalue weighted by Gasteiger charge is 2.27. The standard InChI is InChI=1S/C21H23N3O5S/c1-15-6-5-7-16(12-15)22-20(25)14-24-18-9-8-17(13-19(18)29-21(24)26)30(27,28)23-10-3-2-4-11-23/h5-9,12-13H,2-4,10-11,14H2,1H3,(H,22,25). The first-order valence-electron chi connectivity index (χ1n) is 9.85. The molecule has 1 aromatic heterocycles. The van der Waals surface area contributed by atoms with Gasteiger partial charge in [-0.2, -0.15) is 4.31 Å². The number of sulfonamides is 1. The van der Waals surface area contributed by atoms with Crippen LogP contribution < -0.4 is 11.1 Å². The van der Waals surface area contributed by atoms with Gasteiger partial charge >= 0.3 is 5.76 Å². The summed E-state index contributed by atoms with van der Waals surface area (Å²) in [5, 5.41) is 2.75. The van der Waals surface area contributed by atoms with E-state index in [1.165, 1.54) is 27.1 Å². The smallest absolute Gasteiger partial charge is 0.408 e. The molecule has 1 amide bonds. The van der Waals surface area contributed by atoms with Crippen LogP contribution in [0.5, 0.6) is 0 Å². The highest BCUT2D eigenvalue weighted by molar-refractivity contribution is 7.89. The normalized spacial score (nSPS) is 15.4. The fraction of sp³-hybridized carbons (Fsp3) is 0.333. The number of hydrogen-bond donors (Lipinski definition) is 1. The summed E-state index contributed by atoms with van der Waals surface area (Å²) in [5.41, 5.74) is 2.15. The maximum Gasteiger partial charge on any atom is 0.420 e. The lowest BCUT2D eigenvalue weighted by Crippen LogP contribution is -2.35. The molecule has 0 atom stereocenters. The highest BCUT2D eigenvalue weighted by Crippen LogP contribution is 2.24. The van der Waals surface area contributed by atoms with Crippen LogP contribution in [0.4, 0.5) is 5.69 Å². The first kappa shape index (κ1) is 20.4. The summed E-state index contributed by atoms with van der Waals surface area (Å²) in [6.07, 6.45) is 2.69. The van der Waals surface area contributed by atoms with Crippen LogP contribution in [-0.4, -0.2) is 36.3 Å². The van der Waals surface area contributed by atoms with Crippen molar-refractivity contribution >= 4 is 32.7 Å². The molecule has 1 fully saturated rings. The van der Waals surface area contributed by atoms with Crippen LogP contribution >= 0.6 is 0 Å². The number of aryl methyl sites for hydroxylation is 1. The summed E-state index contributed by atoms with van der Waals surface area (Å²) < 4.78 is 33.6. The number of nitrogens with zero attached hydrogens (tertiary/aromatic N) is 2. The van der Waals surface area contributed by atoms with Crippen LogP contribution in [0, 0.1) is 6.92 Å². The van der Waals surface area contributed by atoms with Gasteiger partial charge < -0.3 is 9.73 Å². The average Bonchev–Trinajstić information content (AvgIpc) is 3.03. The van der Waals surface area contributed by atoms with Gasteiger partial charge in [-0.3, -0.25) is 9.36 Å². The summed E-state index contributed by atoms with van der Waals surface area (Å²) in [7, 11) is -3.64. The predicted octanol–water partition coefficient (Wildman–Crippen LogP) is 2.72. The molecule has 0 aliphatic carbocycles. The number of oxazole rings is 1. The van der Waals surface area contributed by atoms with Crippen molar-refractivity contribution in [1.29, 1.82) is 0 Å². The maximum atomic E-state index is 12.9. The Labute approximate surface area is 174 Å². The molecule has 1 N–H and O–H groups in total. The number of carbonyl (C=O) groups is 1. The molecule has 2 heterocycles. The van der Waals surface area contributed by atoms with Crippen LogP contribution in [0.2, 0.25) is 0 Å². The van der Waals surface area contributed by atoms with Crippen LogP contribution in [0.1, 0.15) is 24.8 Å². The van der Waals surface area contributed by atoms with Gasteiger partial charge in [-0.1, -0.05) is 18.6 Å². The number of anilines is 1. The van der Waals surface area contributed by atoms with Crippen molar-refractivity contribution in [3.05, 3.63) is 58.6 Å².